The number of hydrogen-bond acceptors (Lipinski definition) is 4. The van der Waals surface area contributed by atoms with Gasteiger partial charge in [-0.3, -0.25) is 9.52 Å². The van der Waals surface area contributed by atoms with Crippen molar-refractivity contribution in [2.45, 2.75) is 6.54 Å². The fourth-order valence-electron chi connectivity index (χ4n) is 2.75. The maximum absolute atomic E-state index is 12.4. The Morgan fingerprint density at radius 2 is 1.60 bits per heavy atom. The van der Waals surface area contributed by atoms with Crippen molar-refractivity contribution in [3.8, 4) is 5.75 Å². The summed E-state index contributed by atoms with van der Waals surface area (Å²) in [7, 11) is -2.09. The molecule has 3 aromatic rings. The number of methoxy groups -OCH3 is 1. The summed E-state index contributed by atoms with van der Waals surface area (Å²) < 4.78 is 32.2. The molecule has 0 aromatic heterocycles. The molecular formula is C23H22N2O4S. The van der Waals surface area contributed by atoms with Crippen LogP contribution < -0.4 is 14.8 Å². The third-order valence-corrected chi connectivity index (χ3v) is 5.29. The number of anilines is 1. The van der Waals surface area contributed by atoms with Crippen molar-refractivity contribution < 1.29 is 17.9 Å². The number of sulfonamides is 1. The van der Waals surface area contributed by atoms with Crippen LogP contribution in [0.3, 0.4) is 0 Å². The minimum Gasteiger partial charge on any atom is -0.496 e. The summed E-state index contributed by atoms with van der Waals surface area (Å²) in [6.45, 7) is 0.321. The molecule has 30 heavy (non-hydrogen) atoms. The molecule has 0 aliphatic heterocycles. The molecular weight excluding hydrogens is 400 g/mol. The van der Waals surface area contributed by atoms with Gasteiger partial charge in [0, 0.05) is 23.4 Å². The first-order valence-corrected chi connectivity index (χ1v) is 10.8. The van der Waals surface area contributed by atoms with E-state index in [2.05, 4.69) is 10.0 Å². The lowest BCUT2D eigenvalue weighted by atomic mass is 10.1. The topological polar surface area (TPSA) is 84.5 Å². The summed E-state index contributed by atoms with van der Waals surface area (Å²) in [5.41, 5.74) is 2.44. The lowest BCUT2D eigenvalue weighted by Gasteiger charge is -2.10. The van der Waals surface area contributed by atoms with Crippen LogP contribution in [0.15, 0.2) is 84.3 Å². The van der Waals surface area contributed by atoms with Crippen molar-refractivity contribution in [2.24, 2.45) is 0 Å². The highest BCUT2D eigenvalue weighted by Crippen LogP contribution is 2.17. The molecule has 154 valence electrons. The van der Waals surface area contributed by atoms with Gasteiger partial charge >= 0.3 is 0 Å². The summed E-state index contributed by atoms with van der Waals surface area (Å²) in [6.07, 6.45) is 1.52. The Bertz CT molecular complexity index is 1130. The van der Waals surface area contributed by atoms with Crippen LogP contribution in [0.5, 0.6) is 5.75 Å². The maximum Gasteiger partial charge on any atom is 0.255 e. The number of carbonyl (C=O) groups is 1. The van der Waals surface area contributed by atoms with Crippen molar-refractivity contribution in [1.82, 2.24) is 5.32 Å². The molecule has 0 aliphatic rings. The molecule has 2 N–H and O–H groups in total. The van der Waals surface area contributed by atoms with E-state index in [1.165, 1.54) is 6.08 Å². The van der Waals surface area contributed by atoms with E-state index >= 15 is 0 Å². The smallest absolute Gasteiger partial charge is 0.255 e. The molecule has 1 amide bonds. The van der Waals surface area contributed by atoms with E-state index in [0.717, 1.165) is 16.5 Å². The van der Waals surface area contributed by atoms with Crippen molar-refractivity contribution in [3.05, 3.63) is 101 Å². The Kier molecular flexibility index (Phi) is 6.87. The van der Waals surface area contributed by atoms with Crippen LogP contribution in [-0.4, -0.2) is 21.4 Å². The lowest BCUT2D eigenvalue weighted by Crippen LogP contribution is -2.23. The predicted molar refractivity (Wildman–Crippen MR) is 119 cm³/mol. The van der Waals surface area contributed by atoms with Gasteiger partial charge in [0.25, 0.3) is 15.9 Å². The van der Waals surface area contributed by atoms with Crippen LogP contribution >= 0.6 is 0 Å². The Labute approximate surface area is 176 Å². The van der Waals surface area contributed by atoms with Gasteiger partial charge in [-0.1, -0.05) is 48.5 Å². The Morgan fingerprint density at radius 1 is 0.933 bits per heavy atom. The van der Waals surface area contributed by atoms with Crippen molar-refractivity contribution in [1.29, 1.82) is 0 Å². The van der Waals surface area contributed by atoms with Crippen LogP contribution in [0.4, 0.5) is 5.69 Å². The Morgan fingerprint density at radius 3 is 2.30 bits per heavy atom. The minimum absolute atomic E-state index is 0.265. The molecule has 0 heterocycles. The van der Waals surface area contributed by atoms with E-state index in [9.17, 15) is 13.2 Å². The van der Waals surface area contributed by atoms with Gasteiger partial charge in [-0.15, -0.1) is 0 Å². The van der Waals surface area contributed by atoms with E-state index in [0.29, 0.717) is 23.5 Å². The summed E-state index contributed by atoms with van der Waals surface area (Å²) in [5, 5.41) is 3.93. The zero-order valence-corrected chi connectivity index (χ0v) is 17.2. The highest BCUT2D eigenvalue weighted by atomic mass is 32.2. The molecule has 0 atom stereocenters. The molecule has 0 saturated heterocycles. The van der Waals surface area contributed by atoms with Gasteiger partial charge in [0.05, 0.1) is 12.5 Å². The predicted octanol–water partition coefficient (Wildman–Crippen LogP) is 4.04. The third-order valence-electron chi connectivity index (χ3n) is 4.28. The average molecular weight is 423 g/mol. The molecule has 0 unspecified atom stereocenters. The first kappa shape index (κ1) is 21.1. The second-order valence-electron chi connectivity index (χ2n) is 6.43. The molecule has 0 fully saturated rings. The number of rotatable bonds is 8. The molecule has 7 heteroatoms. The molecule has 0 radical (unpaired) electrons. The van der Waals surface area contributed by atoms with Crippen LogP contribution in [-0.2, 0) is 16.6 Å². The number of carbonyl (C=O) groups excluding carboxylic acids is 1. The standard InChI is InChI=1S/C23H22N2O4S/c1-29-22-10-6-5-9-20(22)17-24-23(26)19-11-13-21(14-12-19)25-30(27,28)16-15-18-7-3-2-4-8-18/h2-16,25H,17H2,1H3,(H,24,26)/b16-15+. The highest BCUT2D eigenvalue weighted by Gasteiger charge is 2.09. The number of nitrogens with one attached hydrogen (secondary N) is 2. The molecule has 0 bridgehead atoms. The first-order valence-electron chi connectivity index (χ1n) is 9.23. The third kappa shape index (κ3) is 5.96. The first-order chi connectivity index (χ1) is 14.5. The van der Waals surface area contributed by atoms with E-state index in [-0.39, 0.29) is 5.91 Å². The number of amides is 1. The zero-order chi connectivity index (χ0) is 21.4. The molecule has 0 spiro atoms. The van der Waals surface area contributed by atoms with Gasteiger partial charge < -0.3 is 10.1 Å². The Hall–Kier alpha value is -3.58. The molecule has 6 nitrogen and oxygen atoms in total. The zero-order valence-electron chi connectivity index (χ0n) is 16.4. The van der Waals surface area contributed by atoms with Gasteiger partial charge in [-0.2, -0.15) is 0 Å². The minimum atomic E-state index is -3.66. The molecule has 0 saturated carbocycles. The van der Waals surface area contributed by atoms with Gasteiger partial charge in [0.15, 0.2) is 0 Å². The number of hydrogen-bond donors (Lipinski definition) is 2. The van der Waals surface area contributed by atoms with Gasteiger partial charge in [0.2, 0.25) is 0 Å². The van der Waals surface area contributed by atoms with Crippen LogP contribution in [0.25, 0.3) is 6.08 Å². The monoisotopic (exact) mass is 422 g/mol. The van der Waals surface area contributed by atoms with Crippen LogP contribution in [0.1, 0.15) is 21.5 Å². The second kappa shape index (κ2) is 9.76. The van der Waals surface area contributed by atoms with E-state index in [4.69, 9.17) is 4.74 Å². The average Bonchev–Trinajstić information content (AvgIpc) is 2.77. The van der Waals surface area contributed by atoms with Crippen molar-refractivity contribution in [3.63, 3.8) is 0 Å². The maximum atomic E-state index is 12.4. The highest BCUT2D eigenvalue weighted by molar-refractivity contribution is 7.95. The normalized spacial score (nSPS) is 11.2. The summed E-state index contributed by atoms with van der Waals surface area (Å²) in [5.74, 6) is 0.436. The summed E-state index contributed by atoms with van der Waals surface area (Å²) >= 11 is 0. The fourth-order valence-corrected chi connectivity index (χ4v) is 3.62. The van der Waals surface area contributed by atoms with Gasteiger partial charge in [0.1, 0.15) is 5.75 Å². The second-order valence-corrected chi connectivity index (χ2v) is 8.00. The van der Waals surface area contributed by atoms with Crippen molar-refractivity contribution in [2.75, 3.05) is 11.8 Å². The largest absolute Gasteiger partial charge is 0.496 e. The number of para-hydroxylation sites is 1. The van der Waals surface area contributed by atoms with Crippen LogP contribution in [0.2, 0.25) is 0 Å². The summed E-state index contributed by atoms with van der Waals surface area (Å²) in [4.78, 5) is 12.4. The van der Waals surface area contributed by atoms with Gasteiger partial charge in [-0.25, -0.2) is 8.42 Å². The Balaban J connectivity index is 1.60. The van der Waals surface area contributed by atoms with Gasteiger partial charge in [-0.05, 0) is 42.0 Å². The van der Waals surface area contributed by atoms with E-state index in [1.807, 2.05) is 54.6 Å². The number of ether oxygens (including phenoxy) is 1. The fraction of sp³-hybridized carbons (Fsp3) is 0.0870. The summed E-state index contributed by atoms with van der Waals surface area (Å²) in [6, 6.07) is 22.8. The quantitative estimate of drug-likeness (QED) is 0.574. The molecule has 3 rings (SSSR count). The molecule has 3 aromatic carbocycles. The van der Waals surface area contributed by atoms with E-state index < -0.39 is 10.0 Å². The SMILES string of the molecule is COc1ccccc1CNC(=O)c1ccc(NS(=O)(=O)/C=C/c2ccccc2)cc1. The molecule has 0 aliphatic carbocycles. The number of benzene rings is 3. The van der Waals surface area contributed by atoms with Crippen LogP contribution in [0, 0.1) is 0 Å². The van der Waals surface area contributed by atoms with E-state index in [1.54, 1.807) is 31.4 Å². The lowest BCUT2D eigenvalue weighted by molar-refractivity contribution is 0.0950. The van der Waals surface area contributed by atoms with Crippen molar-refractivity contribution >= 4 is 27.7 Å².